The SMILES string of the molecule is CCNc1nc(CC)nc(-c2ccc(F)cc2)c1C. The van der Waals surface area contributed by atoms with Crippen molar-refractivity contribution in [2.75, 3.05) is 11.9 Å². The highest BCUT2D eigenvalue weighted by Crippen LogP contribution is 2.26. The van der Waals surface area contributed by atoms with E-state index in [1.165, 1.54) is 12.1 Å². The van der Waals surface area contributed by atoms with E-state index >= 15 is 0 Å². The first-order valence-corrected chi connectivity index (χ1v) is 6.53. The Hall–Kier alpha value is -1.97. The van der Waals surface area contributed by atoms with E-state index in [0.717, 1.165) is 41.4 Å². The van der Waals surface area contributed by atoms with E-state index in [9.17, 15) is 4.39 Å². The van der Waals surface area contributed by atoms with E-state index in [-0.39, 0.29) is 5.82 Å². The van der Waals surface area contributed by atoms with Crippen LogP contribution in [-0.2, 0) is 6.42 Å². The molecule has 0 fully saturated rings. The Balaban J connectivity index is 2.54. The quantitative estimate of drug-likeness (QED) is 0.911. The van der Waals surface area contributed by atoms with Gasteiger partial charge in [0.15, 0.2) is 0 Å². The molecule has 1 heterocycles. The Morgan fingerprint density at radius 2 is 1.79 bits per heavy atom. The van der Waals surface area contributed by atoms with Gasteiger partial charge >= 0.3 is 0 Å². The molecule has 0 saturated carbocycles. The maximum atomic E-state index is 13.0. The minimum atomic E-state index is -0.238. The summed E-state index contributed by atoms with van der Waals surface area (Å²) in [7, 11) is 0. The molecule has 0 saturated heterocycles. The highest BCUT2D eigenvalue weighted by Gasteiger charge is 2.11. The van der Waals surface area contributed by atoms with E-state index in [1.54, 1.807) is 12.1 Å². The Morgan fingerprint density at radius 1 is 1.11 bits per heavy atom. The number of halogens is 1. The lowest BCUT2D eigenvalue weighted by Gasteiger charge is -2.13. The molecule has 0 aliphatic rings. The van der Waals surface area contributed by atoms with Crippen LogP contribution in [0.25, 0.3) is 11.3 Å². The number of rotatable bonds is 4. The van der Waals surface area contributed by atoms with Crippen LogP contribution in [0.15, 0.2) is 24.3 Å². The van der Waals surface area contributed by atoms with Crippen LogP contribution in [0.4, 0.5) is 10.2 Å². The highest BCUT2D eigenvalue weighted by atomic mass is 19.1. The molecule has 0 aliphatic heterocycles. The first-order valence-electron chi connectivity index (χ1n) is 6.53. The van der Waals surface area contributed by atoms with Crippen molar-refractivity contribution >= 4 is 5.82 Å². The van der Waals surface area contributed by atoms with E-state index in [4.69, 9.17) is 0 Å². The molecule has 19 heavy (non-hydrogen) atoms. The summed E-state index contributed by atoms with van der Waals surface area (Å²) in [5.41, 5.74) is 2.77. The van der Waals surface area contributed by atoms with Crippen molar-refractivity contribution in [3.63, 3.8) is 0 Å². The molecule has 0 amide bonds. The van der Waals surface area contributed by atoms with Gasteiger partial charge in [-0.3, -0.25) is 0 Å². The molecule has 0 radical (unpaired) electrons. The van der Waals surface area contributed by atoms with Gasteiger partial charge in [0.2, 0.25) is 0 Å². The fourth-order valence-corrected chi connectivity index (χ4v) is 1.95. The standard InChI is InChI=1S/C15H18FN3/c1-4-13-18-14(10(3)15(19-13)17-5-2)11-6-8-12(16)9-7-11/h6-9H,4-5H2,1-3H3,(H,17,18,19). The maximum absolute atomic E-state index is 13.0. The molecule has 0 aliphatic carbocycles. The molecule has 1 aromatic heterocycles. The smallest absolute Gasteiger partial charge is 0.133 e. The molecule has 1 N–H and O–H groups in total. The lowest BCUT2D eigenvalue weighted by atomic mass is 10.1. The van der Waals surface area contributed by atoms with E-state index in [0.29, 0.717) is 0 Å². The number of hydrogen-bond donors (Lipinski definition) is 1. The van der Waals surface area contributed by atoms with E-state index in [2.05, 4.69) is 15.3 Å². The topological polar surface area (TPSA) is 37.8 Å². The molecular formula is C15H18FN3. The van der Waals surface area contributed by atoms with Gasteiger partial charge in [0.1, 0.15) is 17.5 Å². The first kappa shape index (κ1) is 13.5. The van der Waals surface area contributed by atoms with Crippen LogP contribution in [0.1, 0.15) is 25.2 Å². The number of aromatic nitrogens is 2. The van der Waals surface area contributed by atoms with E-state index < -0.39 is 0 Å². The van der Waals surface area contributed by atoms with Crippen LogP contribution in [0.2, 0.25) is 0 Å². The summed E-state index contributed by atoms with van der Waals surface area (Å²) in [6.45, 7) is 6.85. The third-order valence-corrected chi connectivity index (χ3v) is 2.97. The Morgan fingerprint density at radius 3 is 2.37 bits per heavy atom. The number of anilines is 1. The van der Waals surface area contributed by atoms with Crippen molar-refractivity contribution in [3.8, 4) is 11.3 Å². The molecule has 0 unspecified atom stereocenters. The lowest BCUT2D eigenvalue weighted by Crippen LogP contribution is -2.07. The van der Waals surface area contributed by atoms with Crippen molar-refractivity contribution < 1.29 is 4.39 Å². The van der Waals surface area contributed by atoms with Crippen LogP contribution in [-0.4, -0.2) is 16.5 Å². The minimum absolute atomic E-state index is 0.238. The van der Waals surface area contributed by atoms with Gasteiger partial charge in [0, 0.05) is 24.1 Å². The summed E-state index contributed by atoms with van der Waals surface area (Å²) in [6, 6.07) is 6.41. The number of nitrogens with zero attached hydrogens (tertiary/aromatic N) is 2. The molecule has 1 aromatic carbocycles. The van der Waals surface area contributed by atoms with Gasteiger partial charge in [-0.1, -0.05) is 6.92 Å². The van der Waals surface area contributed by atoms with Crippen molar-refractivity contribution in [2.24, 2.45) is 0 Å². The second kappa shape index (κ2) is 5.78. The summed E-state index contributed by atoms with van der Waals surface area (Å²) < 4.78 is 13.0. The van der Waals surface area contributed by atoms with Gasteiger partial charge in [-0.2, -0.15) is 0 Å². The number of benzene rings is 1. The monoisotopic (exact) mass is 259 g/mol. The molecule has 0 spiro atoms. The van der Waals surface area contributed by atoms with E-state index in [1.807, 2.05) is 20.8 Å². The number of hydrogen-bond acceptors (Lipinski definition) is 3. The zero-order chi connectivity index (χ0) is 13.8. The first-order chi connectivity index (χ1) is 9.15. The number of aryl methyl sites for hydroxylation is 1. The Kier molecular flexibility index (Phi) is 4.10. The third kappa shape index (κ3) is 2.89. The molecule has 2 rings (SSSR count). The second-order valence-corrected chi connectivity index (χ2v) is 4.35. The normalized spacial score (nSPS) is 10.5. The molecule has 0 bridgehead atoms. The second-order valence-electron chi connectivity index (χ2n) is 4.35. The zero-order valence-electron chi connectivity index (χ0n) is 11.5. The maximum Gasteiger partial charge on any atom is 0.133 e. The predicted octanol–water partition coefficient (Wildman–Crippen LogP) is 3.59. The molecule has 4 heteroatoms. The van der Waals surface area contributed by atoms with Gasteiger partial charge < -0.3 is 5.32 Å². The van der Waals surface area contributed by atoms with Gasteiger partial charge in [0.05, 0.1) is 5.69 Å². The fourth-order valence-electron chi connectivity index (χ4n) is 1.95. The Labute approximate surface area is 112 Å². The van der Waals surface area contributed by atoms with Crippen LogP contribution in [0.3, 0.4) is 0 Å². The van der Waals surface area contributed by atoms with Crippen LogP contribution in [0, 0.1) is 12.7 Å². The summed E-state index contributed by atoms with van der Waals surface area (Å²) in [4.78, 5) is 9.05. The average Bonchev–Trinajstić information content (AvgIpc) is 2.42. The van der Waals surface area contributed by atoms with Crippen LogP contribution >= 0.6 is 0 Å². The van der Waals surface area contributed by atoms with Gasteiger partial charge in [-0.25, -0.2) is 14.4 Å². The summed E-state index contributed by atoms with van der Waals surface area (Å²) >= 11 is 0. The summed E-state index contributed by atoms with van der Waals surface area (Å²) in [5, 5.41) is 3.25. The molecule has 0 atom stereocenters. The average molecular weight is 259 g/mol. The van der Waals surface area contributed by atoms with Crippen molar-refractivity contribution in [1.82, 2.24) is 9.97 Å². The third-order valence-electron chi connectivity index (χ3n) is 2.97. The zero-order valence-corrected chi connectivity index (χ0v) is 11.5. The minimum Gasteiger partial charge on any atom is -0.370 e. The molecule has 3 nitrogen and oxygen atoms in total. The predicted molar refractivity (Wildman–Crippen MR) is 75.7 cm³/mol. The molecule has 100 valence electrons. The molecule has 2 aromatic rings. The van der Waals surface area contributed by atoms with Crippen molar-refractivity contribution in [1.29, 1.82) is 0 Å². The fraction of sp³-hybridized carbons (Fsp3) is 0.333. The van der Waals surface area contributed by atoms with Crippen molar-refractivity contribution in [2.45, 2.75) is 27.2 Å². The van der Waals surface area contributed by atoms with Crippen molar-refractivity contribution in [3.05, 3.63) is 41.5 Å². The van der Waals surface area contributed by atoms with Crippen LogP contribution < -0.4 is 5.32 Å². The lowest BCUT2D eigenvalue weighted by molar-refractivity contribution is 0.628. The van der Waals surface area contributed by atoms with Gasteiger partial charge in [-0.15, -0.1) is 0 Å². The summed E-state index contributed by atoms with van der Waals surface area (Å²) in [5.74, 6) is 1.41. The number of nitrogens with one attached hydrogen (secondary N) is 1. The van der Waals surface area contributed by atoms with Gasteiger partial charge in [-0.05, 0) is 38.1 Å². The van der Waals surface area contributed by atoms with Gasteiger partial charge in [0.25, 0.3) is 0 Å². The van der Waals surface area contributed by atoms with Crippen LogP contribution in [0.5, 0.6) is 0 Å². The molecular weight excluding hydrogens is 241 g/mol. The largest absolute Gasteiger partial charge is 0.370 e. The highest BCUT2D eigenvalue weighted by molar-refractivity contribution is 5.68. The summed E-state index contributed by atoms with van der Waals surface area (Å²) in [6.07, 6.45) is 0.771. The Bertz CT molecular complexity index is 564.